The molecule has 0 spiro atoms. The van der Waals surface area contributed by atoms with Crippen molar-refractivity contribution in [3.63, 3.8) is 0 Å². The van der Waals surface area contributed by atoms with Gasteiger partial charge in [-0.3, -0.25) is 9.36 Å². The zero-order valence-electron chi connectivity index (χ0n) is 15.7. The highest BCUT2D eigenvalue weighted by Gasteiger charge is 2.17. The van der Waals surface area contributed by atoms with Crippen molar-refractivity contribution < 1.29 is 9.47 Å². The third kappa shape index (κ3) is 3.39. The Balaban J connectivity index is 2.19. The van der Waals surface area contributed by atoms with Crippen LogP contribution in [0.2, 0.25) is 0 Å². The Morgan fingerprint density at radius 3 is 2.73 bits per heavy atom. The van der Waals surface area contributed by atoms with E-state index in [9.17, 15) is 4.79 Å². The largest absolute Gasteiger partial charge is 0.496 e. The minimum Gasteiger partial charge on any atom is -0.496 e. The number of rotatable bonds is 7. The molecule has 0 aliphatic carbocycles. The van der Waals surface area contributed by atoms with E-state index in [1.54, 1.807) is 18.8 Å². The number of benzene rings is 1. The van der Waals surface area contributed by atoms with Crippen molar-refractivity contribution in [3.05, 3.63) is 45.3 Å². The van der Waals surface area contributed by atoms with Gasteiger partial charge in [-0.1, -0.05) is 13.0 Å². The molecule has 0 N–H and O–H groups in total. The quantitative estimate of drug-likeness (QED) is 0.628. The number of hydrogen-bond acceptors (Lipinski definition) is 5. The van der Waals surface area contributed by atoms with Crippen LogP contribution in [0.4, 0.5) is 0 Å². The Morgan fingerprint density at radius 1 is 1.27 bits per heavy atom. The van der Waals surface area contributed by atoms with Crippen LogP contribution in [-0.4, -0.2) is 30.4 Å². The number of nitrogens with zero attached hydrogens (tertiary/aromatic N) is 2. The van der Waals surface area contributed by atoms with Crippen LogP contribution < -0.4 is 10.3 Å². The fourth-order valence-corrected chi connectivity index (χ4v) is 4.11. The highest BCUT2D eigenvalue weighted by molar-refractivity contribution is 7.17. The molecule has 0 aliphatic heterocycles. The number of ether oxygens (including phenoxy) is 2. The molecule has 6 heteroatoms. The summed E-state index contributed by atoms with van der Waals surface area (Å²) in [4.78, 5) is 18.8. The van der Waals surface area contributed by atoms with Gasteiger partial charge in [0.2, 0.25) is 0 Å². The van der Waals surface area contributed by atoms with E-state index in [4.69, 9.17) is 14.5 Å². The van der Waals surface area contributed by atoms with E-state index in [1.807, 2.05) is 24.4 Å². The second-order valence-electron chi connectivity index (χ2n) is 6.24. The number of hydrogen-bond donors (Lipinski definition) is 0. The first-order valence-electron chi connectivity index (χ1n) is 8.75. The zero-order valence-corrected chi connectivity index (χ0v) is 16.5. The lowest BCUT2D eigenvalue weighted by Crippen LogP contribution is -2.27. The lowest BCUT2D eigenvalue weighted by molar-refractivity contribution is 0.185. The van der Waals surface area contributed by atoms with E-state index < -0.39 is 0 Å². The van der Waals surface area contributed by atoms with Crippen LogP contribution in [-0.2, 0) is 17.7 Å². The molecular weight excluding hydrogens is 348 g/mol. The Bertz CT molecular complexity index is 975. The van der Waals surface area contributed by atoms with Crippen LogP contribution in [0.1, 0.15) is 24.7 Å². The normalized spacial score (nSPS) is 11.2. The van der Waals surface area contributed by atoms with Crippen molar-refractivity contribution in [2.24, 2.45) is 0 Å². The molecular formula is C20H24N2O3S. The Morgan fingerprint density at radius 2 is 2.08 bits per heavy atom. The SMILES string of the molecule is CCCc1nc2scc(-c3ccc(OC)c(C)c3)c2c(=O)n1CCOC. The predicted octanol–water partition coefficient (Wildman–Crippen LogP) is 4.04. The molecule has 2 aromatic heterocycles. The van der Waals surface area contributed by atoms with E-state index in [-0.39, 0.29) is 5.56 Å². The van der Waals surface area contributed by atoms with E-state index >= 15 is 0 Å². The molecule has 2 heterocycles. The van der Waals surface area contributed by atoms with Crippen LogP contribution >= 0.6 is 11.3 Å². The van der Waals surface area contributed by atoms with E-state index in [2.05, 4.69) is 13.0 Å². The first-order chi connectivity index (χ1) is 12.6. The van der Waals surface area contributed by atoms with Gasteiger partial charge >= 0.3 is 0 Å². The average Bonchev–Trinajstić information content (AvgIpc) is 3.06. The van der Waals surface area contributed by atoms with Crippen molar-refractivity contribution in [2.45, 2.75) is 33.2 Å². The van der Waals surface area contributed by atoms with Gasteiger partial charge in [0.05, 0.1) is 25.6 Å². The lowest BCUT2D eigenvalue weighted by Gasteiger charge is -2.12. The van der Waals surface area contributed by atoms with E-state index in [0.717, 1.165) is 45.9 Å². The van der Waals surface area contributed by atoms with Crippen LogP contribution in [0.15, 0.2) is 28.4 Å². The number of aromatic nitrogens is 2. The van der Waals surface area contributed by atoms with Crippen molar-refractivity contribution >= 4 is 21.6 Å². The molecule has 0 fully saturated rings. The van der Waals surface area contributed by atoms with Crippen LogP contribution in [0.5, 0.6) is 5.75 Å². The average molecular weight is 372 g/mol. The minimum absolute atomic E-state index is 0.0141. The fourth-order valence-electron chi connectivity index (χ4n) is 3.15. The number of fused-ring (bicyclic) bond motifs is 1. The smallest absolute Gasteiger partial charge is 0.262 e. The molecule has 0 radical (unpaired) electrons. The van der Waals surface area contributed by atoms with Gasteiger partial charge in [-0.2, -0.15) is 0 Å². The van der Waals surface area contributed by atoms with Gasteiger partial charge in [0.15, 0.2) is 0 Å². The fraction of sp³-hybridized carbons (Fsp3) is 0.400. The second kappa shape index (κ2) is 8.01. The van der Waals surface area contributed by atoms with E-state index in [0.29, 0.717) is 18.5 Å². The summed E-state index contributed by atoms with van der Waals surface area (Å²) in [6.45, 7) is 5.11. The minimum atomic E-state index is 0.0141. The molecule has 26 heavy (non-hydrogen) atoms. The first-order valence-corrected chi connectivity index (χ1v) is 9.63. The number of methoxy groups -OCH3 is 2. The standard InChI is InChI=1S/C20H24N2O3S/c1-5-6-17-21-19-18(20(23)22(17)9-10-24-3)15(12-26-19)14-7-8-16(25-4)13(2)11-14/h7-8,11-12H,5-6,9-10H2,1-4H3. The van der Waals surface area contributed by atoms with Crippen LogP contribution in [0, 0.1) is 6.92 Å². The molecule has 0 bridgehead atoms. The third-order valence-electron chi connectivity index (χ3n) is 4.47. The second-order valence-corrected chi connectivity index (χ2v) is 7.10. The molecule has 3 aromatic rings. The van der Waals surface area contributed by atoms with Crippen molar-refractivity contribution in [1.29, 1.82) is 0 Å². The van der Waals surface area contributed by atoms with E-state index in [1.165, 1.54) is 11.3 Å². The maximum atomic E-state index is 13.2. The summed E-state index contributed by atoms with van der Waals surface area (Å²) in [5.74, 6) is 1.68. The lowest BCUT2D eigenvalue weighted by atomic mass is 10.0. The van der Waals surface area contributed by atoms with Crippen LogP contribution in [0.25, 0.3) is 21.3 Å². The van der Waals surface area contributed by atoms with Gasteiger partial charge in [-0.05, 0) is 36.6 Å². The van der Waals surface area contributed by atoms with Gasteiger partial charge in [-0.15, -0.1) is 11.3 Å². The molecule has 0 atom stereocenters. The van der Waals surface area contributed by atoms with Crippen molar-refractivity contribution in [3.8, 4) is 16.9 Å². The zero-order chi connectivity index (χ0) is 18.7. The van der Waals surface area contributed by atoms with Gasteiger partial charge in [0.25, 0.3) is 5.56 Å². The Hall–Kier alpha value is -2.18. The summed E-state index contributed by atoms with van der Waals surface area (Å²) in [6.07, 6.45) is 1.73. The van der Waals surface area contributed by atoms with Gasteiger partial charge in [0, 0.05) is 24.5 Å². The van der Waals surface area contributed by atoms with Crippen LogP contribution in [0.3, 0.4) is 0 Å². The molecule has 0 unspecified atom stereocenters. The summed E-state index contributed by atoms with van der Waals surface area (Å²) in [7, 11) is 3.31. The van der Waals surface area contributed by atoms with Crippen molar-refractivity contribution in [2.75, 3.05) is 20.8 Å². The summed E-state index contributed by atoms with van der Waals surface area (Å²) >= 11 is 1.52. The van der Waals surface area contributed by atoms with Gasteiger partial charge < -0.3 is 9.47 Å². The maximum absolute atomic E-state index is 13.2. The summed E-state index contributed by atoms with van der Waals surface area (Å²) in [5, 5.41) is 2.71. The highest BCUT2D eigenvalue weighted by Crippen LogP contribution is 2.33. The Labute approximate surface area is 157 Å². The summed E-state index contributed by atoms with van der Waals surface area (Å²) < 4.78 is 12.3. The third-order valence-corrected chi connectivity index (χ3v) is 5.34. The van der Waals surface area contributed by atoms with Crippen molar-refractivity contribution in [1.82, 2.24) is 9.55 Å². The maximum Gasteiger partial charge on any atom is 0.262 e. The highest BCUT2D eigenvalue weighted by atomic mass is 32.1. The first kappa shape index (κ1) is 18.6. The molecule has 0 aliphatic rings. The molecule has 0 amide bonds. The topological polar surface area (TPSA) is 53.3 Å². The molecule has 3 rings (SSSR count). The Kier molecular flexibility index (Phi) is 5.74. The molecule has 0 saturated carbocycles. The van der Waals surface area contributed by atoms with Gasteiger partial charge in [-0.25, -0.2) is 4.98 Å². The molecule has 0 saturated heterocycles. The monoisotopic (exact) mass is 372 g/mol. The molecule has 1 aromatic carbocycles. The predicted molar refractivity (Wildman–Crippen MR) is 106 cm³/mol. The number of aryl methyl sites for hydroxylation is 2. The summed E-state index contributed by atoms with van der Waals surface area (Å²) in [6, 6.07) is 5.99. The molecule has 5 nitrogen and oxygen atoms in total. The van der Waals surface area contributed by atoms with Gasteiger partial charge in [0.1, 0.15) is 16.4 Å². The number of thiophene rings is 1. The summed E-state index contributed by atoms with van der Waals surface area (Å²) in [5.41, 5.74) is 3.00. The molecule has 138 valence electrons.